The second-order valence-corrected chi connectivity index (χ2v) is 8.23. The number of nitrogens with zero attached hydrogens (tertiary/aromatic N) is 2. The SMILES string of the molecule is CC(C1CC1)N(Cc1ccccc1)C(=O)c1csc(Cc2ccccc2)n1. The van der Waals surface area contributed by atoms with Gasteiger partial charge in [0.25, 0.3) is 5.91 Å². The van der Waals surface area contributed by atoms with E-state index in [4.69, 9.17) is 0 Å². The van der Waals surface area contributed by atoms with Gasteiger partial charge in [0.05, 0.1) is 5.01 Å². The molecule has 1 unspecified atom stereocenters. The second kappa shape index (κ2) is 8.05. The molecule has 1 saturated carbocycles. The maximum Gasteiger partial charge on any atom is 0.273 e. The summed E-state index contributed by atoms with van der Waals surface area (Å²) in [6, 6.07) is 20.8. The third-order valence-corrected chi connectivity index (χ3v) is 6.07. The predicted molar refractivity (Wildman–Crippen MR) is 110 cm³/mol. The number of hydrogen-bond acceptors (Lipinski definition) is 3. The van der Waals surface area contributed by atoms with Crippen LogP contribution >= 0.6 is 11.3 Å². The van der Waals surface area contributed by atoms with Gasteiger partial charge in [-0.25, -0.2) is 4.98 Å². The predicted octanol–water partition coefficient (Wildman–Crippen LogP) is 5.17. The van der Waals surface area contributed by atoms with E-state index in [0.717, 1.165) is 17.0 Å². The maximum absolute atomic E-state index is 13.3. The number of hydrogen-bond donors (Lipinski definition) is 0. The summed E-state index contributed by atoms with van der Waals surface area (Å²) in [6.07, 6.45) is 3.21. The van der Waals surface area contributed by atoms with Crippen molar-refractivity contribution in [2.75, 3.05) is 0 Å². The lowest BCUT2D eigenvalue weighted by Gasteiger charge is -2.29. The lowest BCUT2D eigenvalue weighted by Crippen LogP contribution is -2.39. The molecule has 0 spiro atoms. The normalized spacial score (nSPS) is 14.7. The molecule has 4 heteroatoms. The molecule has 0 radical (unpaired) electrons. The van der Waals surface area contributed by atoms with Crippen LogP contribution in [0.15, 0.2) is 66.0 Å². The van der Waals surface area contributed by atoms with Crippen molar-refractivity contribution in [3.05, 3.63) is 87.9 Å². The molecular weight excluding hydrogens is 352 g/mol. The Morgan fingerprint density at radius 1 is 1.07 bits per heavy atom. The summed E-state index contributed by atoms with van der Waals surface area (Å²) in [6.45, 7) is 2.82. The van der Waals surface area contributed by atoms with Crippen LogP contribution in [0.3, 0.4) is 0 Å². The standard InChI is InChI=1S/C23H24N2OS/c1-17(20-12-13-20)25(15-19-10-6-3-7-11-19)23(26)21-16-27-22(24-21)14-18-8-4-2-5-9-18/h2-11,16-17,20H,12-15H2,1H3. The van der Waals surface area contributed by atoms with Crippen molar-refractivity contribution >= 4 is 17.2 Å². The lowest BCUT2D eigenvalue weighted by atomic mass is 10.1. The molecule has 0 saturated heterocycles. The highest BCUT2D eigenvalue weighted by Gasteiger charge is 2.35. The van der Waals surface area contributed by atoms with E-state index in [-0.39, 0.29) is 11.9 Å². The molecule has 138 valence electrons. The Morgan fingerprint density at radius 3 is 2.33 bits per heavy atom. The summed E-state index contributed by atoms with van der Waals surface area (Å²) in [5.74, 6) is 0.675. The summed E-state index contributed by atoms with van der Waals surface area (Å²) in [5.41, 5.74) is 2.96. The van der Waals surface area contributed by atoms with E-state index >= 15 is 0 Å². The Bertz CT molecular complexity index is 887. The summed E-state index contributed by atoms with van der Waals surface area (Å²) in [7, 11) is 0. The third-order valence-electron chi connectivity index (χ3n) is 5.22. The highest BCUT2D eigenvalue weighted by Crippen LogP contribution is 2.36. The van der Waals surface area contributed by atoms with Gasteiger partial charge in [-0.3, -0.25) is 4.79 Å². The van der Waals surface area contributed by atoms with Gasteiger partial charge in [-0.1, -0.05) is 60.7 Å². The van der Waals surface area contributed by atoms with Gasteiger partial charge in [0, 0.05) is 24.4 Å². The molecule has 1 aliphatic rings. The molecule has 1 aliphatic carbocycles. The molecular formula is C23H24N2OS. The fourth-order valence-corrected chi connectivity index (χ4v) is 4.22. The molecule has 1 heterocycles. The zero-order valence-corrected chi connectivity index (χ0v) is 16.4. The highest BCUT2D eigenvalue weighted by atomic mass is 32.1. The van der Waals surface area contributed by atoms with Gasteiger partial charge in [-0.2, -0.15) is 0 Å². The van der Waals surface area contributed by atoms with Crippen molar-refractivity contribution in [2.24, 2.45) is 5.92 Å². The van der Waals surface area contributed by atoms with E-state index < -0.39 is 0 Å². The first kappa shape index (κ1) is 17.9. The van der Waals surface area contributed by atoms with Crippen LogP contribution in [0.25, 0.3) is 0 Å². The van der Waals surface area contributed by atoms with Crippen molar-refractivity contribution in [2.45, 2.75) is 38.8 Å². The second-order valence-electron chi connectivity index (χ2n) is 7.29. The van der Waals surface area contributed by atoms with Gasteiger partial charge in [-0.15, -0.1) is 11.3 Å². The molecule has 3 aromatic rings. The summed E-state index contributed by atoms with van der Waals surface area (Å²) in [4.78, 5) is 19.9. The monoisotopic (exact) mass is 376 g/mol. The molecule has 0 N–H and O–H groups in total. The number of thiazole rings is 1. The number of amides is 1. The van der Waals surface area contributed by atoms with Crippen LogP contribution in [-0.2, 0) is 13.0 Å². The van der Waals surface area contributed by atoms with Crippen LogP contribution in [-0.4, -0.2) is 21.8 Å². The molecule has 0 aliphatic heterocycles. The molecule has 27 heavy (non-hydrogen) atoms. The Hall–Kier alpha value is -2.46. The number of benzene rings is 2. The van der Waals surface area contributed by atoms with Crippen LogP contribution in [0, 0.1) is 5.92 Å². The van der Waals surface area contributed by atoms with Gasteiger partial charge >= 0.3 is 0 Å². The quantitative estimate of drug-likeness (QED) is 0.569. The van der Waals surface area contributed by atoms with E-state index in [2.05, 4.69) is 36.2 Å². The van der Waals surface area contributed by atoms with E-state index in [0.29, 0.717) is 18.2 Å². The number of carbonyl (C=O) groups excluding carboxylic acids is 1. The Morgan fingerprint density at radius 2 is 1.70 bits per heavy atom. The molecule has 0 bridgehead atoms. The highest BCUT2D eigenvalue weighted by molar-refractivity contribution is 7.09. The first-order valence-corrected chi connectivity index (χ1v) is 10.4. The van der Waals surface area contributed by atoms with E-state index in [1.54, 1.807) is 11.3 Å². The van der Waals surface area contributed by atoms with Crippen LogP contribution < -0.4 is 0 Å². The largest absolute Gasteiger partial charge is 0.330 e. The average molecular weight is 377 g/mol. The van der Waals surface area contributed by atoms with Crippen LogP contribution in [0.5, 0.6) is 0 Å². The fraction of sp³-hybridized carbons (Fsp3) is 0.304. The molecule has 1 atom stereocenters. The molecule has 1 aromatic heterocycles. The maximum atomic E-state index is 13.3. The zero-order valence-electron chi connectivity index (χ0n) is 15.5. The number of aromatic nitrogens is 1. The number of carbonyl (C=O) groups is 1. The first-order valence-electron chi connectivity index (χ1n) is 9.54. The zero-order chi connectivity index (χ0) is 18.6. The number of rotatable bonds is 7. The van der Waals surface area contributed by atoms with Crippen LogP contribution in [0.2, 0.25) is 0 Å². The van der Waals surface area contributed by atoms with Crippen molar-refractivity contribution in [1.29, 1.82) is 0 Å². The molecule has 3 nitrogen and oxygen atoms in total. The van der Waals surface area contributed by atoms with Crippen molar-refractivity contribution in [1.82, 2.24) is 9.88 Å². The minimum Gasteiger partial charge on any atom is -0.330 e. The summed E-state index contributed by atoms with van der Waals surface area (Å²) >= 11 is 1.57. The van der Waals surface area contributed by atoms with Gasteiger partial charge in [0.1, 0.15) is 5.69 Å². The first-order chi connectivity index (χ1) is 13.2. The fourth-order valence-electron chi connectivity index (χ4n) is 3.42. The smallest absolute Gasteiger partial charge is 0.273 e. The third kappa shape index (κ3) is 4.45. The van der Waals surface area contributed by atoms with Gasteiger partial charge < -0.3 is 4.90 Å². The lowest BCUT2D eigenvalue weighted by molar-refractivity contribution is 0.0649. The van der Waals surface area contributed by atoms with Gasteiger partial charge in [0.15, 0.2) is 0 Å². The summed E-state index contributed by atoms with van der Waals surface area (Å²) < 4.78 is 0. The Balaban J connectivity index is 1.52. The molecule has 4 rings (SSSR count). The topological polar surface area (TPSA) is 33.2 Å². The van der Waals surface area contributed by atoms with Crippen LogP contribution in [0.1, 0.15) is 46.4 Å². The van der Waals surface area contributed by atoms with Gasteiger partial charge in [-0.05, 0) is 36.8 Å². The van der Waals surface area contributed by atoms with E-state index in [1.807, 2.05) is 46.7 Å². The summed E-state index contributed by atoms with van der Waals surface area (Å²) in [5, 5.41) is 2.90. The van der Waals surface area contributed by atoms with Gasteiger partial charge in [0.2, 0.25) is 0 Å². The average Bonchev–Trinajstić information content (AvgIpc) is 3.46. The van der Waals surface area contributed by atoms with Crippen molar-refractivity contribution in [3.63, 3.8) is 0 Å². The Labute approximate surface area is 164 Å². The Kier molecular flexibility index (Phi) is 5.35. The van der Waals surface area contributed by atoms with Crippen molar-refractivity contribution in [3.8, 4) is 0 Å². The van der Waals surface area contributed by atoms with Crippen LogP contribution in [0.4, 0.5) is 0 Å². The minimum absolute atomic E-state index is 0.0498. The van der Waals surface area contributed by atoms with Crippen molar-refractivity contribution < 1.29 is 4.79 Å². The minimum atomic E-state index is 0.0498. The molecule has 1 amide bonds. The van der Waals surface area contributed by atoms with E-state index in [9.17, 15) is 4.79 Å². The molecule has 2 aromatic carbocycles. The molecule has 1 fully saturated rings. The van der Waals surface area contributed by atoms with E-state index in [1.165, 1.54) is 18.4 Å².